The number of thioether (sulfide) groups is 1. The number of aliphatic imine (C=N–C) groups is 1. The largest absolute Gasteiger partial charge is 0.454 e. The van der Waals surface area contributed by atoms with Crippen LogP contribution in [0.2, 0.25) is 0 Å². The van der Waals surface area contributed by atoms with E-state index < -0.39 is 11.3 Å². The molecular formula is C16H18N2O3S. The number of nitriles is 1. The van der Waals surface area contributed by atoms with Crippen LogP contribution in [-0.2, 0) is 4.79 Å². The van der Waals surface area contributed by atoms with Gasteiger partial charge in [-0.25, -0.2) is 4.99 Å². The molecule has 5 nitrogen and oxygen atoms in total. The number of hydrogen-bond acceptors (Lipinski definition) is 6. The van der Waals surface area contributed by atoms with Gasteiger partial charge in [-0.3, -0.25) is 4.79 Å². The van der Waals surface area contributed by atoms with Crippen LogP contribution in [0.4, 0.5) is 5.69 Å². The number of carbonyl (C=O) groups is 1. The highest BCUT2D eigenvalue weighted by Crippen LogP contribution is 2.36. The van der Waals surface area contributed by atoms with Crippen molar-refractivity contribution in [3.05, 3.63) is 18.2 Å². The zero-order valence-electron chi connectivity index (χ0n) is 13.0. The molecule has 0 aliphatic carbocycles. The Bertz CT molecular complexity index is 656. The van der Waals surface area contributed by atoms with E-state index in [9.17, 15) is 10.1 Å². The summed E-state index contributed by atoms with van der Waals surface area (Å²) >= 11 is 1.31. The van der Waals surface area contributed by atoms with Crippen LogP contribution in [0.3, 0.4) is 0 Å². The van der Waals surface area contributed by atoms with E-state index in [4.69, 9.17) is 9.47 Å². The van der Waals surface area contributed by atoms with Crippen LogP contribution in [0.5, 0.6) is 11.5 Å². The maximum atomic E-state index is 12.4. The Morgan fingerprint density at radius 2 is 2.05 bits per heavy atom. The summed E-state index contributed by atoms with van der Waals surface area (Å²) in [6, 6.07) is 7.37. The molecule has 0 amide bonds. The summed E-state index contributed by atoms with van der Waals surface area (Å²) in [5.41, 5.74) is 0.0433. The molecule has 0 fully saturated rings. The van der Waals surface area contributed by atoms with E-state index in [2.05, 4.69) is 11.1 Å². The van der Waals surface area contributed by atoms with Crippen molar-refractivity contribution in [1.82, 2.24) is 0 Å². The normalized spacial score (nSPS) is 15.3. The quantitative estimate of drug-likeness (QED) is 0.629. The minimum atomic E-state index is -0.861. The number of benzene rings is 1. The predicted molar refractivity (Wildman–Crippen MR) is 86.7 cm³/mol. The second-order valence-electron chi connectivity index (χ2n) is 5.87. The molecule has 0 saturated carbocycles. The van der Waals surface area contributed by atoms with Crippen LogP contribution in [-0.4, -0.2) is 23.9 Å². The Balaban J connectivity index is 2.34. The molecule has 0 aromatic heterocycles. The predicted octanol–water partition coefficient (Wildman–Crippen LogP) is 3.56. The number of rotatable bonds is 3. The first-order chi connectivity index (χ1) is 10.4. The lowest BCUT2D eigenvalue weighted by Gasteiger charge is -2.20. The van der Waals surface area contributed by atoms with Crippen molar-refractivity contribution in [3.8, 4) is 17.6 Å². The van der Waals surface area contributed by atoms with Crippen molar-refractivity contribution in [2.45, 2.75) is 20.8 Å². The summed E-state index contributed by atoms with van der Waals surface area (Å²) in [5, 5.41) is 9.87. The van der Waals surface area contributed by atoms with Gasteiger partial charge in [-0.2, -0.15) is 5.26 Å². The molecule has 1 unspecified atom stereocenters. The lowest BCUT2D eigenvalue weighted by Crippen LogP contribution is -2.31. The van der Waals surface area contributed by atoms with Crippen molar-refractivity contribution in [1.29, 1.82) is 5.26 Å². The molecule has 22 heavy (non-hydrogen) atoms. The van der Waals surface area contributed by atoms with Gasteiger partial charge in [0.1, 0.15) is 0 Å². The molecule has 1 aliphatic heterocycles. The van der Waals surface area contributed by atoms with Gasteiger partial charge in [0.05, 0.1) is 16.8 Å². The first-order valence-electron chi connectivity index (χ1n) is 6.83. The highest BCUT2D eigenvalue weighted by molar-refractivity contribution is 8.13. The molecule has 1 atom stereocenters. The molecule has 0 bridgehead atoms. The second kappa shape index (κ2) is 6.41. The Hall–Kier alpha value is -2.00. The third-order valence-corrected chi connectivity index (χ3v) is 3.93. The number of fused-ring (bicyclic) bond motifs is 1. The summed E-state index contributed by atoms with van der Waals surface area (Å²) in [7, 11) is 0. The van der Waals surface area contributed by atoms with E-state index in [-0.39, 0.29) is 12.6 Å². The topological polar surface area (TPSA) is 71.7 Å². The fourth-order valence-corrected chi connectivity index (χ4v) is 2.56. The Labute approximate surface area is 134 Å². The molecular weight excluding hydrogens is 300 g/mol. The summed E-state index contributed by atoms with van der Waals surface area (Å²) in [6.45, 7) is 5.61. The molecule has 2 rings (SSSR count). The summed E-state index contributed by atoms with van der Waals surface area (Å²) in [6.07, 6.45) is 1.81. The standard InChI is InChI=1S/C16H18N2O3S/c1-16(2,3)14(19)11(8-17)15(22-4)18-10-5-6-12-13(7-10)21-9-20-12/h5-7,11H,9H2,1-4H3. The summed E-state index contributed by atoms with van der Waals surface area (Å²) in [4.78, 5) is 16.9. The van der Waals surface area contributed by atoms with E-state index in [1.165, 1.54) is 11.8 Å². The maximum absolute atomic E-state index is 12.4. The number of hydrogen-bond donors (Lipinski definition) is 0. The van der Waals surface area contributed by atoms with Crippen LogP contribution < -0.4 is 9.47 Å². The molecule has 1 heterocycles. The molecule has 0 saturated heterocycles. The SMILES string of the molecule is CSC(=Nc1ccc2c(c1)OCO2)C(C#N)C(=O)C(C)(C)C. The van der Waals surface area contributed by atoms with E-state index in [1.54, 1.807) is 39.0 Å². The molecule has 0 spiro atoms. The van der Waals surface area contributed by atoms with Crippen molar-refractivity contribution >= 4 is 28.3 Å². The van der Waals surface area contributed by atoms with Gasteiger partial charge in [-0.15, -0.1) is 11.8 Å². The van der Waals surface area contributed by atoms with Gasteiger partial charge in [0.25, 0.3) is 0 Å². The zero-order chi connectivity index (χ0) is 16.3. The maximum Gasteiger partial charge on any atom is 0.231 e. The number of nitrogens with zero attached hydrogens (tertiary/aromatic N) is 2. The van der Waals surface area contributed by atoms with Gasteiger partial charge in [-0.1, -0.05) is 20.8 Å². The van der Waals surface area contributed by atoms with Gasteiger partial charge < -0.3 is 9.47 Å². The first kappa shape index (κ1) is 16.4. The van der Waals surface area contributed by atoms with Crippen LogP contribution in [0.1, 0.15) is 20.8 Å². The van der Waals surface area contributed by atoms with Crippen LogP contribution in [0, 0.1) is 22.7 Å². The lowest BCUT2D eigenvalue weighted by molar-refractivity contribution is -0.126. The van der Waals surface area contributed by atoms with Gasteiger partial charge in [0.15, 0.2) is 23.2 Å². The lowest BCUT2D eigenvalue weighted by atomic mass is 9.84. The molecule has 0 radical (unpaired) electrons. The molecule has 6 heteroatoms. The van der Waals surface area contributed by atoms with E-state index >= 15 is 0 Å². The summed E-state index contributed by atoms with van der Waals surface area (Å²) < 4.78 is 10.6. The van der Waals surface area contributed by atoms with Gasteiger partial charge in [-0.05, 0) is 18.4 Å². The van der Waals surface area contributed by atoms with Crippen LogP contribution in [0.25, 0.3) is 0 Å². The third-order valence-electron chi connectivity index (χ3n) is 3.18. The molecule has 1 aliphatic rings. The first-order valence-corrected chi connectivity index (χ1v) is 8.05. The average molecular weight is 318 g/mol. The van der Waals surface area contributed by atoms with Gasteiger partial charge in [0, 0.05) is 11.5 Å². The van der Waals surface area contributed by atoms with E-state index in [0.29, 0.717) is 22.2 Å². The Kier molecular flexibility index (Phi) is 4.77. The van der Waals surface area contributed by atoms with Crippen LogP contribution in [0.15, 0.2) is 23.2 Å². The molecule has 116 valence electrons. The Morgan fingerprint density at radius 1 is 1.36 bits per heavy atom. The number of carbonyl (C=O) groups excluding carboxylic acids is 1. The fraction of sp³-hybridized carbons (Fsp3) is 0.438. The third kappa shape index (κ3) is 3.42. The van der Waals surface area contributed by atoms with Gasteiger partial charge >= 0.3 is 0 Å². The van der Waals surface area contributed by atoms with Crippen molar-refractivity contribution in [2.24, 2.45) is 16.3 Å². The minimum Gasteiger partial charge on any atom is -0.454 e. The minimum absolute atomic E-state index is 0.135. The van der Waals surface area contributed by atoms with Gasteiger partial charge in [0.2, 0.25) is 6.79 Å². The smallest absolute Gasteiger partial charge is 0.231 e. The van der Waals surface area contributed by atoms with E-state index in [0.717, 1.165) is 0 Å². The fourth-order valence-electron chi connectivity index (χ4n) is 1.97. The van der Waals surface area contributed by atoms with Crippen molar-refractivity contribution in [3.63, 3.8) is 0 Å². The molecule has 1 aromatic carbocycles. The highest BCUT2D eigenvalue weighted by atomic mass is 32.2. The Morgan fingerprint density at radius 3 is 2.64 bits per heavy atom. The summed E-state index contributed by atoms with van der Waals surface area (Å²) in [5.74, 6) is 0.300. The van der Waals surface area contributed by atoms with E-state index in [1.807, 2.05) is 6.26 Å². The molecule has 1 aromatic rings. The van der Waals surface area contributed by atoms with Crippen molar-refractivity contribution < 1.29 is 14.3 Å². The number of ketones is 1. The van der Waals surface area contributed by atoms with Crippen molar-refractivity contribution in [2.75, 3.05) is 13.0 Å². The monoisotopic (exact) mass is 318 g/mol. The zero-order valence-corrected chi connectivity index (χ0v) is 13.9. The second-order valence-corrected chi connectivity index (χ2v) is 6.69. The highest BCUT2D eigenvalue weighted by Gasteiger charge is 2.33. The van der Waals surface area contributed by atoms with Crippen LogP contribution >= 0.6 is 11.8 Å². The average Bonchev–Trinajstić information content (AvgIpc) is 2.93. The number of Topliss-reactive ketones (excluding diaryl/α,β-unsaturated/α-hetero) is 1. The molecule has 0 N–H and O–H groups in total. The number of ether oxygens (including phenoxy) is 2.